The molecule has 0 amide bonds. The summed E-state index contributed by atoms with van der Waals surface area (Å²) >= 11 is 4.92. The Kier molecular flexibility index (Phi) is 6.02. The fraction of sp³-hybridized carbons (Fsp3) is 0.875. The van der Waals surface area contributed by atoms with Crippen molar-refractivity contribution in [1.29, 1.82) is 0 Å². The van der Waals surface area contributed by atoms with E-state index in [-0.39, 0.29) is 0 Å². The Balaban J connectivity index is 3.71. The van der Waals surface area contributed by atoms with E-state index in [0.29, 0.717) is 5.11 Å². The Labute approximate surface area is 80.5 Å². The third kappa shape index (κ3) is 5.32. The van der Waals surface area contributed by atoms with Gasteiger partial charge in [-0.05, 0) is 32.7 Å². The van der Waals surface area contributed by atoms with Crippen molar-refractivity contribution in [2.45, 2.75) is 13.3 Å². The fourth-order valence-electron chi connectivity index (χ4n) is 0.923. The van der Waals surface area contributed by atoms with Gasteiger partial charge in [-0.2, -0.15) is 0 Å². The Morgan fingerprint density at radius 1 is 1.25 bits per heavy atom. The third-order valence-corrected chi connectivity index (χ3v) is 1.88. The number of nitrogens with two attached hydrogens (primary N) is 1. The largest absolute Gasteiger partial charge is 0.376 e. The third-order valence-electron chi connectivity index (χ3n) is 1.62. The highest BCUT2D eigenvalue weighted by molar-refractivity contribution is 7.80. The molecule has 4 heteroatoms. The second-order valence-electron chi connectivity index (χ2n) is 3.13. The summed E-state index contributed by atoms with van der Waals surface area (Å²) in [5, 5.41) is 0.513. The molecule has 0 aromatic carbocycles. The van der Waals surface area contributed by atoms with E-state index < -0.39 is 0 Å². The van der Waals surface area contributed by atoms with Crippen LogP contribution in [-0.2, 0) is 0 Å². The topological polar surface area (TPSA) is 32.5 Å². The van der Waals surface area contributed by atoms with E-state index in [1.165, 1.54) is 0 Å². The van der Waals surface area contributed by atoms with Crippen LogP contribution in [0, 0.1) is 0 Å². The summed E-state index contributed by atoms with van der Waals surface area (Å²) in [7, 11) is 4.09. The van der Waals surface area contributed by atoms with E-state index >= 15 is 0 Å². The van der Waals surface area contributed by atoms with Crippen molar-refractivity contribution < 1.29 is 0 Å². The molecule has 0 radical (unpaired) electrons. The Bertz CT molecular complexity index is 136. The van der Waals surface area contributed by atoms with Gasteiger partial charge in [0.15, 0.2) is 5.11 Å². The zero-order valence-corrected chi connectivity index (χ0v) is 9.02. The maximum atomic E-state index is 5.55. The van der Waals surface area contributed by atoms with Crippen LogP contribution in [0.4, 0.5) is 0 Å². The molecule has 72 valence electrons. The molecular formula is C8H19N3S. The van der Waals surface area contributed by atoms with Gasteiger partial charge in [-0.3, -0.25) is 0 Å². The molecule has 0 aliphatic rings. The van der Waals surface area contributed by atoms with E-state index in [4.69, 9.17) is 18.0 Å². The molecule has 12 heavy (non-hydrogen) atoms. The molecule has 0 rings (SSSR count). The monoisotopic (exact) mass is 189 g/mol. The Hall–Kier alpha value is -0.350. The van der Waals surface area contributed by atoms with Crippen LogP contribution in [0.15, 0.2) is 0 Å². The van der Waals surface area contributed by atoms with Gasteiger partial charge >= 0.3 is 0 Å². The zero-order valence-electron chi connectivity index (χ0n) is 8.21. The predicted molar refractivity (Wildman–Crippen MR) is 57.2 cm³/mol. The molecule has 0 spiro atoms. The molecular weight excluding hydrogens is 170 g/mol. The standard InChI is InChI=1S/C8H19N3S/c1-4-5-11(8(9)12)7-6-10(2)3/h4-7H2,1-3H3,(H2,9,12). The first-order valence-corrected chi connectivity index (χ1v) is 4.67. The molecule has 0 saturated carbocycles. The SMILES string of the molecule is CCCN(CCN(C)C)C(N)=S. The number of hydrogen-bond acceptors (Lipinski definition) is 2. The van der Waals surface area contributed by atoms with Crippen LogP contribution in [0.25, 0.3) is 0 Å². The minimum atomic E-state index is 0.513. The molecule has 0 unspecified atom stereocenters. The van der Waals surface area contributed by atoms with Crippen molar-refractivity contribution in [3.8, 4) is 0 Å². The van der Waals surface area contributed by atoms with Crippen molar-refractivity contribution in [3.63, 3.8) is 0 Å². The van der Waals surface area contributed by atoms with Crippen LogP contribution < -0.4 is 5.73 Å². The van der Waals surface area contributed by atoms with Crippen LogP contribution in [0.2, 0.25) is 0 Å². The summed E-state index contributed by atoms with van der Waals surface area (Å²) < 4.78 is 0. The Morgan fingerprint density at radius 2 is 1.83 bits per heavy atom. The van der Waals surface area contributed by atoms with E-state index in [2.05, 4.69) is 11.8 Å². The van der Waals surface area contributed by atoms with Crippen molar-refractivity contribution in [3.05, 3.63) is 0 Å². The maximum Gasteiger partial charge on any atom is 0.166 e. The average molecular weight is 189 g/mol. The number of thiocarbonyl (C=S) groups is 1. The molecule has 0 aliphatic carbocycles. The number of likely N-dealkylation sites (N-methyl/N-ethyl adjacent to an activating group) is 1. The molecule has 0 aromatic heterocycles. The van der Waals surface area contributed by atoms with Gasteiger partial charge in [0, 0.05) is 19.6 Å². The summed E-state index contributed by atoms with van der Waals surface area (Å²) in [6.07, 6.45) is 1.09. The van der Waals surface area contributed by atoms with Crippen LogP contribution in [0.5, 0.6) is 0 Å². The van der Waals surface area contributed by atoms with Crippen molar-refractivity contribution in [1.82, 2.24) is 9.80 Å². The lowest BCUT2D eigenvalue weighted by Crippen LogP contribution is -2.40. The quantitative estimate of drug-likeness (QED) is 0.639. The average Bonchev–Trinajstić information content (AvgIpc) is 1.96. The number of rotatable bonds is 5. The molecule has 3 nitrogen and oxygen atoms in total. The Morgan fingerprint density at radius 3 is 2.17 bits per heavy atom. The van der Waals surface area contributed by atoms with Crippen molar-refractivity contribution in [2.75, 3.05) is 33.7 Å². The fourth-order valence-corrected chi connectivity index (χ4v) is 1.11. The van der Waals surface area contributed by atoms with Crippen LogP contribution in [-0.4, -0.2) is 48.6 Å². The molecule has 0 fully saturated rings. The van der Waals surface area contributed by atoms with Gasteiger partial charge in [-0.15, -0.1) is 0 Å². The molecule has 0 aromatic rings. The van der Waals surface area contributed by atoms with E-state index in [1.807, 2.05) is 19.0 Å². The number of hydrogen-bond donors (Lipinski definition) is 1. The summed E-state index contributed by atoms with van der Waals surface area (Å²) in [5.41, 5.74) is 5.55. The van der Waals surface area contributed by atoms with Crippen LogP contribution in [0.1, 0.15) is 13.3 Å². The van der Waals surface area contributed by atoms with Crippen molar-refractivity contribution >= 4 is 17.3 Å². The smallest absolute Gasteiger partial charge is 0.166 e. The summed E-state index contributed by atoms with van der Waals surface area (Å²) in [6, 6.07) is 0. The minimum Gasteiger partial charge on any atom is -0.376 e. The minimum absolute atomic E-state index is 0.513. The molecule has 0 saturated heterocycles. The van der Waals surface area contributed by atoms with Gasteiger partial charge in [0.25, 0.3) is 0 Å². The first-order valence-electron chi connectivity index (χ1n) is 4.27. The van der Waals surface area contributed by atoms with Gasteiger partial charge in [-0.1, -0.05) is 6.92 Å². The van der Waals surface area contributed by atoms with Gasteiger partial charge in [0.2, 0.25) is 0 Å². The molecule has 0 bridgehead atoms. The van der Waals surface area contributed by atoms with Crippen LogP contribution in [0.3, 0.4) is 0 Å². The molecule has 0 atom stereocenters. The normalized spacial score (nSPS) is 10.3. The second kappa shape index (κ2) is 6.20. The van der Waals surface area contributed by atoms with Gasteiger partial charge < -0.3 is 15.5 Å². The van der Waals surface area contributed by atoms with Gasteiger partial charge in [-0.25, -0.2) is 0 Å². The zero-order chi connectivity index (χ0) is 9.56. The predicted octanol–water partition coefficient (Wildman–Crippen LogP) is 0.504. The first-order chi connectivity index (χ1) is 5.57. The molecule has 2 N–H and O–H groups in total. The lowest BCUT2D eigenvalue weighted by molar-refractivity contribution is 0.330. The molecule has 0 aliphatic heterocycles. The highest BCUT2D eigenvalue weighted by Gasteiger charge is 2.04. The van der Waals surface area contributed by atoms with Gasteiger partial charge in [0.1, 0.15) is 0 Å². The summed E-state index contributed by atoms with van der Waals surface area (Å²) in [4.78, 5) is 4.16. The van der Waals surface area contributed by atoms with E-state index in [9.17, 15) is 0 Å². The highest BCUT2D eigenvalue weighted by Crippen LogP contribution is 1.91. The van der Waals surface area contributed by atoms with E-state index in [0.717, 1.165) is 26.1 Å². The van der Waals surface area contributed by atoms with Gasteiger partial charge in [0.05, 0.1) is 0 Å². The summed E-state index contributed by atoms with van der Waals surface area (Å²) in [5.74, 6) is 0. The van der Waals surface area contributed by atoms with Crippen molar-refractivity contribution in [2.24, 2.45) is 5.73 Å². The molecule has 0 heterocycles. The second-order valence-corrected chi connectivity index (χ2v) is 3.55. The maximum absolute atomic E-state index is 5.55. The number of nitrogens with zero attached hydrogens (tertiary/aromatic N) is 2. The first kappa shape index (κ1) is 11.6. The lowest BCUT2D eigenvalue weighted by Gasteiger charge is -2.23. The summed E-state index contributed by atoms with van der Waals surface area (Å²) in [6.45, 7) is 5.01. The van der Waals surface area contributed by atoms with E-state index in [1.54, 1.807) is 0 Å². The van der Waals surface area contributed by atoms with Crippen LogP contribution >= 0.6 is 12.2 Å². The lowest BCUT2D eigenvalue weighted by atomic mass is 10.4. The highest BCUT2D eigenvalue weighted by atomic mass is 32.1.